The third-order valence-electron chi connectivity index (χ3n) is 3.46. The van der Waals surface area contributed by atoms with E-state index in [9.17, 15) is 13.2 Å². The van der Waals surface area contributed by atoms with Crippen LogP contribution in [0.5, 0.6) is 0 Å². The van der Waals surface area contributed by atoms with Gasteiger partial charge in [0.25, 0.3) is 0 Å². The van der Waals surface area contributed by atoms with Crippen LogP contribution in [0.25, 0.3) is 5.65 Å². The lowest BCUT2D eigenvalue weighted by Gasteiger charge is -2.23. The Hall–Kier alpha value is -1.83. The molecule has 0 spiro atoms. The summed E-state index contributed by atoms with van der Waals surface area (Å²) in [5, 5.41) is 3.84. The SMILES string of the molecule is Nc1cc(C2CCOCC2)n2ncc(C(F)(F)F)c2n1. The summed E-state index contributed by atoms with van der Waals surface area (Å²) in [5.74, 6) is 0.155. The summed E-state index contributed by atoms with van der Waals surface area (Å²) < 4.78 is 45.2. The summed E-state index contributed by atoms with van der Waals surface area (Å²) in [4.78, 5) is 3.78. The highest BCUT2D eigenvalue weighted by Crippen LogP contribution is 2.34. The largest absolute Gasteiger partial charge is 0.421 e. The minimum Gasteiger partial charge on any atom is -0.384 e. The fourth-order valence-electron chi connectivity index (χ4n) is 2.49. The fourth-order valence-corrected chi connectivity index (χ4v) is 2.49. The molecule has 0 aromatic carbocycles. The van der Waals surface area contributed by atoms with Crippen molar-refractivity contribution >= 4 is 11.5 Å². The minimum atomic E-state index is -4.49. The van der Waals surface area contributed by atoms with Crippen molar-refractivity contribution in [2.75, 3.05) is 18.9 Å². The molecule has 0 saturated carbocycles. The number of fused-ring (bicyclic) bond motifs is 1. The smallest absolute Gasteiger partial charge is 0.384 e. The van der Waals surface area contributed by atoms with Gasteiger partial charge in [-0.05, 0) is 12.8 Å². The van der Waals surface area contributed by atoms with Gasteiger partial charge in [-0.1, -0.05) is 0 Å². The average Bonchev–Trinajstić information content (AvgIpc) is 2.82. The normalized spacial score (nSPS) is 17.8. The molecule has 1 fully saturated rings. The third kappa shape index (κ3) is 2.20. The third-order valence-corrected chi connectivity index (χ3v) is 3.46. The van der Waals surface area contributed by atoms with Gasteiger partial charge in [0.2, 0.25) is 0 Å². The quantitative estimate of drug-likeness (QED) is 0.873. The molecular weight excluding hydrogens is 273 g/mol. The van der Waals surface area contributed by atoms with Crippen LogP contribution < -0.4 is 5.73 Å². The van der Waals surface area contributed by atoms with Gasteiger partial charge in [-0.15, -0.1) is 0 Å². The standard InChI is InChI=1S/C12H13F3N4O/c13-12(14,15)8-6-17-19-9(5-10(16)18-11(8)19)7-1-3-20-4-2-7/h5-7H,1-4H2,(H2,16,18). The van der Waals surface area contributed by atoms with E-state index in [0.717, 1.165) is 19.0 Å². The minimum absolute atomic E-state index is 0.0741. The molecule has 1 aliphatic heterocycles. The highest BCUT2D eigenvalue weighted by atomic mass is 19.4. The van der Waals surface area contributed by atoms with E-state index in [0.29, 0.717) is 18.9 Å². The Balaban J connectivity index is 2.15. The lowest BCUT2D eigenvalue weighted by molar-refractivity contribution is -0.136. The van der Waals surface area contributed by atoms with E-state index in [1.54, 1.807) is 6.07 Å². The predicted molar refractivity (Wildman–Crippen MR) is 65.2 cm³/mol. The number of nitrogen functional groups attached to an aromatic ring is 1. The van der Waals surface area contributed by atoms with Gasteiger partial charge in [0, 0.05) is 25.2 Å². The Morgan fingerprint density at radius 1 is 1.30 bits per heavy atom. The van der Waals surface area contributed by atoms with Gasteiger partial charge < -0.3 is 10.5 Å². The molecule has 0 aliphatic carbocycles. The van der Waals surface area contributed by atoms with Crippen LogP contribution in [0, 0.1) is 0 Å². The summed E-state index contributed by atoms with van der Waals surface area (Å²) >= 11 is 0. The molecule has 20 heavy (non-hydrogen) atoms. The molecule has 3 heterocycles. The van der Waals surface area contributed by atoms with Gasteiger partial charge in [-0.3, -0.25) is 0 Å². The predicted octanol–water partition coefficient (Wildman–Crippen LogP) is 2.22. The summed E-state index contributed by atoms with van der Waals surface area (Å²) in [6.45, 7) is 1.17. The van der Waals surface area contributed by atoms with Gasteiger partial charge in [0.15, 0.2) is 5.65 Å². The maximum Gasteiger partial charge on any atom is 0.421 e. The van der Waals surface area contributed by atoms with Gasteiger partial charge in [0.1, 0.15) is 11.4 Å². The van der Waals surface area contributed by atoms with E-state index in [4.69, 9.17) is 10.5 Å². The number of nitrogens with zero attached hydrogens (tertiary/aromatic N) is 3. The van der Waals surface area contributed by atoms with Gasteiger partial charge >= 0.3 is 6.18 Å². The molecule has 2 aromatic rings. The van der Waals surface area contributed by atoms with Gasteiger partial charge in [-0.2, -0.15) is 18.3 Å². The molecule has 3 rings (SSSR count). The van der Waals surface area contributed by atoms with E-state index in [-0.39, 0.29) is 17.4 Å². The number of alkyl halides is 3. The molecule has 0 amide bonds. The zero-order valence-electron chi connectivity index (χ0n) is 10.5. The van der Waals surface area contributed by atoms with Crippen LogP contribution in [0.2, 0.25) is 0 Å². The van der Waals surface area contributed by atoms with E-state index < -0.39 is 11.7 Å². The number of rotatable bonds is 1. The summed E-state index contributed by atoms with van der Waals surface area (Å²) in [7, 11) is 0. The van der Waals surface area contributed by atoms with Crippen molar-refractivity contribution in [3.05, 3.63) is 23.5 Å². The molecule has 5 nitrogen and oxygen atoms in total. The van der Waals surface area contributed by atoms with E-state index in [1.807, 2.05) is 0 Å². The first-order chi connectivity index (χ1) is 9.47. The highest BCUT2D eigenvalue weighted by molar-refractivity contribution is 5.53. The number of nitrogens with two attached hydrogens (primary N) is 1. The lowest BCUT2D eigenvalue weighted by atomic mass is 9.96. The van der Waals surface area contributed by atoms with Crippen LogP contribution in [0.3, 0.4) is 0 Å². The van der Waals surface area contributed by atoms with Crippen molar-refractivity contribution in [3.63, 3.8) is 0 Å². The van der Waals surface area contributed by atoms with Crippen LogP contribution in [0.1, 0.15) is 30.0 Å². The maximum atomic E-state index is 12.9. The highest BCUT2D eigenvalue weighted by Gasteiger charge is 2.36. The Morgan fingerprint density at radius 3 is 2.65 bits per heavy atom. The van der Waals surface area contributed by atoms with Crippen molar-refractivity contribution in [2.45, 2.75) is 24.9 Å². The second kappa shape index (κ2) is 4.62. The Kier molecular flexibility index (Phi) is 3.04. The van der Waals surface area contributed by atoms with E-state index in [2.05, 4.69) is 10.1 Å². The number of halogens is 3. The molecule has 0 unspecified atom stereocenters. The number of hydrogen-bond acceptors (Lipinski definition) is 4. The molecule has 2 aromatic heterocycles. The fraction of sp³-hybridized carbons (Fsp3) is 0.500. The van der Waals surface area contributed by atoms with Crippen molar-refractivity contribution in [3.8, 4) is 0 Å². The molecule has 0 radical (unpaired) electrons. The Bertz CT molecular complexity index is 631. The topological polar surface area (TPSA) is 65.4 Å². The Labute approximate surface area is 112 Å². The molecule has 108 valence electrons. The van der Waals surface area contributed by atoms with Crippen LogP contribution in [0.15, 0.2) is 12.3 Å². The maximum absolute atomic E-state index is 12.9. The van der Waals surface area contributed by atoms with Crippen molar-refractivity contribution in [2.24, 2.45) is 0 Å². The number of aromatic nitrogens is 3. The van der Waals surface area contributed by atoms with Crippen LogP contribution in [0.4, 0.5) is 19.0 Å². The molecular formula is C12H13F3N4O. The molecule has 1 aliphatic rings. The molecule has 8 heteroatoms. The van der Waals surface area contributed by atoms with Gasteiger partial charge in [0.05, 0.1) is 11.9 Å². The lowest BCUT2D eigenvalue weighted by Crippen LogP contribution is -2.18. The van der Waals surface area contributed by atoms with E-state index >= 15 is 0 Å². The van der Waals surface area contributed by atoms with Crippen LogP contribution in [-0.4, -0.2) is 27.8 Å². The second-order valence-electron chi connectivity index (χ2n) is 4.78. The van der Waals surface area contributed by atoms with Crippen molar-refractivity contribution in [1.29, 1.82) is 0 Å². The molecule has 2 N–H and O–H groups in total. The summed E-state index contributed by atoms with van der Waals surface area (Å²) in [6, 6.07) is 1.59. The first-order valence-electron chi connectivity index (χ1n) is 6.26. The first kappa shape index (κ1) is 13.2. The summed E-state index contributed by atoms with van der Waals surface area (Å²) in [5.41, 5.74) is 5.21. The monoisotopic (exact) mass is 286 g/mol. The van der Waals surface area contributed by atoms with Crippen molar-refractivity contribution in [1.82, 2.24) is 14.6 Å². The second-order valence-corrected chi connectivity index (χ2v) is 4.78. The zero-order chi connectivity index (χ0) is 14.3. The van der Waals surface area contributed by atoms with Crippen molar-refractivity contribution < 1.29 is 17.9 Å². The molecule has 0 bridgehead atoms. The number of anilines is 1. The van der Waals surface area contributed by atoms with E-state index in [1.165, 1.54) is 4.52 Å². The Morgan fingerprint density at radius 2 is 2.00 bits per heavy atom. The summed E-state index contributed by atoms with van der Waals surface area (Å²) in [6.07, 6.45) is -2.22. The first-order valence-corrected chi connectivity index (χ1v) is 6.26. The average molecular weight is 286 g/mol. The molecule has 1 saturated heterocycles. The van der Waals surface area contributed by atoms with Crippen LogP contribution >= 0.6 is 0 Å². The zero-order valence-corrected chi connectivity index (χ0v) is 10.5. The van der Waals surface area contributed by atoms with Crippen LogP contribution in [-0.2, 0) is 10.9 Å². The number of hydrogen-bond donors (Lipinski definition) is 1. The van der Waals surface area contributed by atoms with Gasteiger partial charge in [-0.25, -0.2) is 9.50 Å². The molecule has 0 atom stereocenters. The number of ether oxygens (including phenoxy) is 1.